The molecule has 1 N–H and O–H groups in total. The summed E-state index contributed by atoms with van der Waals surface area (Å²) in [5.41, 5.74) is 0.944. The van der Waals surface area contributed by atoms with Crippen LogP contribution >= 0.6 is 11.8 Å². The van der Waals surface area contributed by atoms with E-state index in [1.54, 1.807) is 12.1 Å². The van der Waals surface area contributed by atoms with Gasteiger partial charge in [-0.1, -0.05) is 12.1 Å². The highest BCUT2D eigenvalue weighted by Crippen LogP contribution is 2.60. The summed E-state index contributed by atoms with van der Waals surface area (Å²) in [6.45, 7) is 0.487. The topological polar surface area (TPSA) is 29.1 Å². The summed E-state index contributed by atoms with van der Waals surface area (Å²) in [5, 5.41) is 2.97. The summed E-state index contributed by atoms with van der Waals surface area (Å²) in [6.07, 6.45) is 8.31. The van der Waals surface area contributed by atoms with Gasteiger partial charge >= 0.3 is 0 Å². The van der Waals surface area contributed by atoms with Crippen molar-refractivity contribution in [2.24, 2.45) is 17.8 Å². The Hall–Kier alpha value is -1.03. The van der Waals surface area contributed by atoms with E-state index in [9.17, 15) is 9.18 Å². The lowest BCUT2D eigenvalue weighted by molar-refractivity contribution is -0.118. The first-order valence-electron chi connectivity index (χ1n) is 8.75. The minimum absolute atomic E-state index is 0.107. The number of carbonyl (C=O) groups excluding carboxylic acids is 1. The summed E-state index contributed by atoms with van der Waals surface area (Å²) in [4.78, 5) is 12.2. The van der Waals surface area contributed by atoms with E-state index in [1.165, 1.54) is 50.7 Å². The lowest BCUT2D eigenvalue weighted by atomic mass is 9.56. The summed E-state index contributed by atoms with van der Waals surface area (Å²) < 4.78 is 13.3. The van der Waals surface area contributed by atoms with Gasteiger partial charge in [0.05, 0.1) is 5.75 Å². The first-order chi connectivity index (χ1) is 11.1. The summed E-state index contributed by atoms with van der Waals surface area (Å²) in [6, 6.07) is 6.32. The molecular weight excluding hydrogens is 309 g/mol. The second-order valence-electron chi connectivity index (χ2n) is 7.79. The predicted octanol–water partition coefficient (Wildman–Crippen LogP) is 4.14. The van der Waals surface area contributed by atoms with E-state index in [-0.39, 0.29) is 11.7 Å². The molecule has 0 spiro atoms. The van der Waals surface area contributed by atoms with Gasteiger partial charge in [-0.05, 0) is 74.0 Å². The second kappa shape index (κ2) is 6.12. The largest absolute Gasteiger partial charge is 0.351 e. The highest BCUT2D eigenvalue weighted by molar-refractivity contribution is 8.01. The number of nitrogens with one attached hydrogen (secondary N) is 1. The first-order valence-corrected chi connectivity index (χ1v) is 9.74. The fourth-order valence-corrected chi connectivity index (χ4v) is 6.88. The molecule has 124 valence electrons. The van der Waals surface area contributed by atoms with Crippen molar-refractivity contribution in [3.8, 4) is 0 Å². The third-order valence-corrected chi connectivity index (χ3v) is 7.41. The lowest BCUT2D eigenvalue weighted by Crippen LogP contribution is -2.49. The molecule has 0 radical (unpaired) electrons. The Morgan fingerprint density at radius 2 is 1.65 bits per heavy atom. The zero-order valence-electron chi connectivity index (χ0n) is 13.4. The molecule has 0 aliphatic heterocycles. The highest BCUT2D eigenvalue weighted by atomic mass is 32.2. The average molecular weight is 333 g/mol. The molecule has 4 aliphatic rings. The molecular formula is C19H24FNOS. The molecule has 4 heteroatoms. The molecule has 4 fully saturated rings. The standard InChI is InChI=1S/C19H24FNOS/c20-17-3-1-13(2-4-17)11-21-18(22)12-23-19-8-14-5-15(9-19)7-16(6-14)10-19/h1-4,14-16H,5-12H2,(H,21,22). The molecule has 0 heterocycles. The van der Waals surface area contributed by atoms with Crippen molar-refractivity contribution in [3.63, 3.8) is 0 Å². The van der Waals surface area contributed by atoms with Crippen LogP contribution in [0.2, 0.25) is 0 Å². The first kappa shape index (κ1) is 15.5. The Balaban J connectivity index is 1.27. The van der Waals surface area contributed by atoms with E-state index >= 15 is 0 Å². The second-order valence-corrected chi connectivity index (χ2v) is 9.24. The summed E-state index contributed by atoms with van der Waals surface area (Å²) >= 11 is 1.91. The van der Waals surface area contributed by atoms with Gasteiger partial charge < -0.3 is 5.32 Å². The van der Waals surface area contributed by atoms with Crippen molar-refractivity contribution in [1.29, 1.82) is 0 Å². The van der Waals surface area contributed by atoms with Crippen LogP contribution in [0.4, 0.5) is 4.39 Å². The van der Waals surface area contributed by atoms with Crippen LogP contribution in [0.5, 0.6) is 0 Å². The number of halogens is 1. The van der Waals surface area contributed by atoms with E-state index in [0.717, 1.165) is 23.3 Å². The van der Waals surface area contributed by atoms with Crippen LogP contribution in [-0.2, 0) is 11.3 Å². The van der Waals surface area contributed by atoms with Crippen LogP contribution in [0.15, 0.2) is 24.3 Å². The quantitative estimate of drug-likeness (QED) is 0.877. The Bertz CT molecular complexity index is 550. The normalized spacial score (nSPS) is 34.6. The fraction of sp³-hybridized carbons (Fsp3) is 0.632. The summed E-state index contributed by atoms with van der Waals surface area (Å²) in [7, 11) is 0. The van der Waals surface area contributed by atoms with Crippen LogP contribution in [0.1, 0.15) is 44.1 Å². The van der Waals surface area contributed by atoms with E-state index in [1.807, 2.05) is 11.8 Å². The van der Waals surface area contributed by atoms with Gasteiger partial charge in [-0.25, -0.2) is 4.39 Å². The zero-order valence-corrected chi connectivity index (χ0v) is 14.2. The molecule has 1 aromatic rings. The van der Waals surface area contributed by atoms with E-state index in [2.05, 4.69) is 5.32 Å². The van der Waals surface area contributed by atoms with E-state index in [4.69, 9.17) is 0 Å². The van der Waals surface area contributed by atoms with Gasteiger partial charge in [0.15, 0.2) is 0 Å². The van der Waals surface area contributed by atoms with Gasteiger partial charge in [-0.15, -0.1) is 11.8 Å². The van der Waals surface area contributed by atoms with Gasteiger partial charge in [-0.2, -0.15) is 0 Å². The van der Waals surface area contributed by atoms with Gasteiger partial charge in [0.1, 0.15) is 5.82 Å². The van der Waals surface area contributed by atoms with E-state index < -0.39 is 0 Å². The molecule has 0 aromatic heterocycles. The molecule has 1 aromatic carbocycles. The van der Waals surface area contributed by atoms with Crippen LogP contribution in [0.3, 0.4) is 0 Å². The number of thioether (sulfide) groups is 1. The average Bonchev–Trinajstić information content (AvgIpc) is 2.51. The number of benzene rings is 1. The Morgan fingerprint density at radius 1 is 1.09 bits per heavy atom. The van der Waals surface area contributed by atoms with Crippen LogP contribution in [0, 0.1) is 23.6 Å². The Labute approximate surface area is 141 Å². The molecule has 1 amide bonds. The molecule has 0 saturated heterocycles. The molecule has 4 aliphatic carbocycles. The van der Waals surface area contributed by atoms with Crippen LogP contribution < -0.4 is 5.32 Å². The molecule has 5 rings (SSSR count). The molecule has 4 saturated carbocycles. The minimum atomic E-state index is -0.238. The van der Waals surface area contributed by atoms with Gasteiger partial charge in [0.25, 0.3) is 0 Å². The molecule has 0 unspecified atom stereocenters. The third-order valence-electron chi connectivity index (χ3n) is 5.89. The number of rotatable bonds is 5. The molecule has 0 atom stereocenters. The molecule has 2 nitrogen and oxygen atoms in total. The number of hydrogen-bond acceptors (Lipinski definition) is 2. The Kier molecular flexibility index (Phi) is 4.12. The molecule has 23 heavy (non-hydrogen) atoms. The fourth-order valence-electron chi connectivity index (χ4n) is 5.28. The number of amides is 1. The van der Waals surface area contributed by atoms with Crippen molar-refractivity contribution in [1.82, 2.24) is 5.32 Å². The van der Waals surface area contributed by atoms with Crippen molar-refractivity contribution >= 4 is 17.7 Å². The van der Waals surface area contributed by atoms with Crippen LogP contribution in [0.25, 0.3) is 0 Å². The maximum Gasteiger partial charge on any atom is 0.230 e. The van der Waals surface area contributed by atoms with Gasteiger partial charge in [0.2, 0.25) is 5.91 Å². The minimum Gasteiger partial charge on any atom is -0.351 e. The Morgan fingerprint density at radius 3 is 2.22 bits per heavy atom. The van der Waals surface area contributed by atoms with Crippen molar-refractivity contribution < 1.29 is 9.18 Å². The van der Waals surface area contributed by atoms with Crippen molar-refractivity contribution in [3.05, 3.63) is 35.6 Å². The van der Waals surface area contributed by atoms with Gasteiger partial charge in [0, 0.05) is 11.3 Å². The summed E-state index contributed by atoms with van der Waals surface area (Å²) in [5.74, 6) is 3.21. The third kappa shape index (κ3) is 3.42. The van der Waals surface area contributed by atoms with Gasteiger partial charge in [-0.3, -0.25) is 4.79 Å². The van der Waals surface area contributed by atoms with Crippen molar-refractivity contribution in [2.75, 3.05) is 5.75 Å². The number of hydrogen-bond donors (Lipinski definition) is 1. The SMILES string of the molecule is O=C(CSC12CC3CC(CC(C3)C1)C2)NCc1ccc(F)cc1. The lowest BCUT2D eigenvalue weighted by Gasteiger charge is -2.56. The number of carbonyl (C=O) groups is 1. The van der Waals surface area contributed by atoms with E-state index in [0.29, 0.717) is 17.0 Å². The van der Waals surface area contributed by atoms with Crippen molar-refractivity contribution in [2.45, 2.75) is 49.8 Å². The smallest absolute Gasteiger partial charge is 0.230 e. The maximum absolute atomic E-state index is 12.9. The molecule has 4 bridgehead atoms. The van der Waals surface area contributed by atoms with Crippen LogP contribution in [-0.4, -0.2) is 16.4 Å². The maximum atomic E-state index is 12.9. The highest BCUT2D eigenvalue weighted by Gasteiger charge is 2.51. The zero-order chi connectivity index (χ0) is 15.9. The predicted molar refractivity (Wildman–Crippen MR) is 91.6 cm³/mol. The monoisotopic (exact) mass is 333 g/mol.